The number of ether oxygens (including phenoxy) is 2. The highest BCUT2D eigenvalue weighted by Crippen LogP contribution is 2.36. The van der Waals surface area contributed by atoms with Crippen LogP contribution in [0.5, 0.6) is 5.75 Å². The van der Waals surface area contributed by atoms with Crippen molar-refractivity contribution >= 4 is 39.5 Å². The van der Waals surface area contributed by atoms with Gasteiger partial charge in [0.1, 0.15) is 16.9 Å². The summed E-state index contributed by atoms with van der Waals surface area (Å²) in [6.07, 6.45) is 0.200. The minimum Gasteiger partial charge on any atom is -0.495 e. The van der Waals surface area contributed by atoms with Crippen LogP contribution >= 0.6 is 0 Å². The third-order valence-corrected chi connectivity index (χ3v) is 5.18. The third kappa shape index (κ3) is 4.53. The molecule has 6 heteroatoms. The Bertz CT molecular complexity index is 1230. The number of hydrogen-bond acceptors (Lipinski definition) is 5. The van der Waals surface area contributed by atoms with Gasteiger partial charge < -0.3 is 19.2 Å². The lowest BCUT2D eigenvalue weighted by molar-refractivity contribution is -0.147. The molecule has 4 aromatic rings. The van der Waals surface area contributed by atoms with Crippen LogP contribution in [-0.4, -0.2) is 25.6 Å². The summed E-state index contributed by atoms with van der Waals surface area (Å²) in [7, 11) is 1.53. The van der Waals surface area contributed by atoms with Crippen molar-refractivity contribution in [3.05, 3.63) is 72.3 Å². The zero-order chi connectivity index (χ0) is 21.8. The van der Waals surface area contributed by atoms with Crippen LogP contribution in [0.1, 0.15) is 24.8 Å². The van der Waals surface area contributed by atoms with Crippen LogP contribution in [0.2, 0.25) is 0 Å². The molecule has 0 unspecified atom stereocenters. The van der Waals surface area contributed by atoms with Crippen molar-refractivity contribution in [3.8, 4) is 5.75 Å². The Morgan fingerprint density at radius 2 is 1.71 bits per heavy atom. The van der Waals surface area contributed by atoms with E-state index in [2.05, 4.69) is 5.32 Å². The SMILES string of the molecule is COc1cc2c(cc1NC(=O)COC(=O)C[C@@H](C)c1ccccc1)oc1ccccc12. The lowest BCUT2D eigenvalue weighted by Gasteiger charge is -2.12. The number of benzene rings is 3. The number of anilines is 1. The Kier molecular flexibility index (Phi) is 5.89. The first-order chi connectivity index (χ1) is 15.0. The van der Waals surface area contributed by atoms with Crippen molar-refractivity contribution in [3.63, 3.8) is 0 Å². The molecule has 0 saturated carbocycles. The van der Waals surface area contributed by atoms with Crippen molar-refractivity contribution in [2.75, 3.05) is 19.0 Å². The predicted molar refractivity (Wildman–Crippen MR) is 119 cm³/mol. The van der Waals surface area contributed by atoms with Gasteiger partial charge >= 0.3 is 5.97 Å². The number of rotatable bonds is 7. The van der Waals surface area contributed by atoms with E-state index in [1.54, 1.807) is 6.07 Å². The lowest BCUT2D eigenvalue weighted by atomic mass is 9.98. The van der Waals surface area contributed by atoms with Gasteiger partial charge in [-0.3, -0.25) is 9.59 Å². The van der Waals surface area contributed by atoms with Crippen LogP contribution in [0.3, 0.4) is 0 Å². The molecule has 0 aliphatic heterocycles. The molecular formula is C25H23NO5. The second kappa shape index (κ2) is 8.92. The van der Waals surface area contributed by atoms with Crippen molar-refractivity contribution in [2.45, 2.75) is 19.3 Å². The van der Waals surface area contributed by atoms with E-state index < -0.39 is 11.9 Å². The van der Waals surface area contributed by atoms with Crippen LogP contribution < -0.4 is 10.1 Å². The van der Waals surface area contributed by atoms with Gasteiger partial charge in [0.25, 0.3) is 5.91 Å². The largest absolute Gasteiger partial charge is 0.495 e. The van der Waals surface area contributed by atoms with Gasteiger partial charge in [0.2, 0.25) is 0 Å². The number of amides is 1. The summed E-state index contributed by atoms with van der Waals surface area (Å²) in [6.45, 7) is 1.58. The number of furan rings is 1. The number of carbonyl (C=O) groups is 2. The predicted octanol–water partition coefficient (Wildman–Crippen LogP) is 5.27. The molecule has 0 radical (unpaired) electrons. The molecule has 1 aromatic heterocycles. The number of methoxy groups -OCH3 is 1. The summed E-state index contributed by atoms with van der Waals surface area (Å²) < 4.78 is 16.5. The number of hydrogen-bond donors (Lipinski definition) is 1. The highest BCUT2D eigenvalue weighted by atomic mass is 16.5. The molecule has 0 aliphatic rings. The van der Waals surface area contributed by atoms with E-state index in [4.69, 9.17) is 13.9 Å². The summed E-state index contributed by atoms with van der Waals surface area (Å²) in [6, 6.07) is 20.9. The Hall–Kier alpha value is -3.80. The molecule has 0 bridgehead atoms. The number of para-hydroxylation sites is 1. The van der Waals surface area contributed by atoms with E-state index >= 15 is 0 Å². The monoisotopic (exact) mass is 417 g/mol. The molecule has 0 fully saturated rings. The molecule has 1 N–H and O–H groups in total. The maximum atomic E-state index is 12.4. The first-order valence-corrected chi connectivity index (χ1v) is 10.0. The van der Waals surface area contributed by atoms with Crippen molar-refractivity contribution in [1.29, 1.82) is 0 Å². The number of nitrogens with one attached hydrogen (secondary N) is 1. The van der Waals surface area contributed by atoms with Gasteiger partial charge in [-0.1, -0.05) is 55.5 Å². The highest BCUT2D eigenvalue weighted by molar-refractivity contribution is 6.07. The standard InChI is InChI=1S/C25H23NO5/c1-16(17-8-4-3-5-9-17)12-25(28)30-15-24(27)26-20-14-22-19(13-23(20)29-2)18-10-6-7-11-21(18)31-22/h3-11,13-14,16H,12,15H2,1-2H3,(H,26,27)/t16-/m1/s1. The van der Waals surface area contributed by atoms with Crippen molar-refractivity contribution in [1.82, 2.24) is 0 Å². The van der Waals surface area contributed by atoms with E-state index in [9.17, 15) is 9.59 Å². The molecule has 158 valence electrons. The Labute approximate surface area is 179 Å². The summed E-state index contributed by atoms with van der Waals surface area (Å²) in [4.78, 5) is 24.5. The topological polar surface area (TPSA) is 77.8 Å². The second-order valence-corrected chi connectivity index (χ2v) is 7.37. The molecule has 1 amide bonds. The van der Waals surface area contributed by atoms with Crippen LogP contribution in [0.25, 0.3) is 21.9 Å². The van der Waals surface area contributed by atoms with Crippen LogP contribution in [0.4, 0.5) is 5.69 Å². The van der Waals surface area contributed by atoms with Crippen LogP contribution in [-0.2, 0) is 14.3 Å². The maximum absolute atomic E-state index is 12.4. The van der Waals surface area contributed by atoms with E-state index in [0.29, 0.717) is 17.0 Å². The lowest BCUT2D eigenvalue weighted by Crippen LogP contribution is -2.21. The summed E-state index contributed by atoms with van der Waals surface area (Å²) in [5, 5.41) is 4.60. The van der Waals surface area contributed by atoms with Gasteiger partial charge in [0, 0.05) is 16.8 Å². The average Bonchev–Trinajstić information content (AvgIpc) is 3.15. The van der Waals surface area contributed by atoms with Crippen molar-refractivity contribution < 1.29 is 23.5 Å². The maximum Gasteiger partial charge on any atom is 0.306 e. The molecule has 3 aromatic carbocycles. The molecule has 31 heavy (non-hydrogen) atoms. The molecule has 0 aliphatic carbocycles. The minimum absolute atomic E-state index is 0.00680. The molecular weight excluding hydrogens is 394 g/mol. The van der Waals surface area contributed by atoms with Gasteiger partial charge in [0.05, 0.1) is 19.2 Å². The fraction of sp³-hybridized carbons (Fsp3) is 0.200. The van der Waals surface area contributed by atoms with Crippen LogP contribution in [0.15, 0.2) is 71.1 Å². The molecule has 0 spiro atoms. The summed E-state index contributed by atoms with van der Waals surface area (Å²) in [5.41, 5.74) is 2.89. The third-order valence-electron chi connectivity index (χ3n) is 5.18. The van der Waals surface area contributed by atoms with Gasteiger partial charge in [-0.2, -0.15) is 0 Å². The summed E-state index contributed by atoms with van der Waals surface area (Å²) >= 11 is 0. The number of carbonyl (C=O) groups excluding carboxylic acids is 2. The zero-order valence-corrected chi connectivity index (χ0v) is 17.4. The van der Waals surface area contributed by atoms with E-state index in [1.165, 1.54) is 7.11 Å². The molecule has 0 saturated heterocycles. The highest BCUT2D eigenvalue weighted by Gasteiger charge is 2.16. The van der Waals surface area contributed by atoms with Gasteiger partial charge in [-0.05, 0) is 23.6 Å². The second-order valence-electron chi connectivity index (χ2n) is 7.37. The normalized spacial score (nSPS) is 11.9. The Morgan fingerprint density at radius 1 is 0.968 bits per heavy atom. The smallest absolute Gasteiger partial charge is 0.306 e. The Balaban J connectivity index is 1.41. The molecule has 4 rings (SSSR count). The van der Waals surface area contributed by atoms with Gasteiger partial charge in [-0.25, -0.2) is 0 Å². The molecule has 1 heterocycles. The van der Waals surface area contributed by atoms with E-state index in [-0.39, 0.29) is 18.9 Å². The molecule has 6 nitrogen and oxygen atoms in total. The van der Waals surface area contributed by atoms with Gasteiger partial charge in [0.15, 0.2) is 6.61 Å². The fourth-order valence-corrected chi connectivity index (χ4v) is 3.56. The first-order valence-electron chi connectivity index (χ1n) is 10.0. The zero-order valence-electron chi connectivity index (χ0n) is 17.4. The quantitative estimate of drug-likeness (QED) is 0.415. The Morgan fingerprint density at radius 3 is 2.48 bits per heavy atom. The minimum atomic E-state index is -0.450. The summed E-state index contributed by atoms with van der Waals surface area (Å²) in [5.74, 6) is -0.371. The van der Waals surface area contributed by atoms with E-state index in [1.807, 2.05) is 67.6 Å². The number of esters is 1. The van der Waals surface area contributed by atoms with Crippen LogP contribution in [0, 0.1) is 0 Å². The number of fused-ring (bicyclic) bond motifs is 3. The fourth-order valence-electron chi connectivity index (χ4n) is 3.56. The van der Waals surface area contributed by atoms with Crippen molar-refractivity contribution in [2.24, 2.45) is 0 Å². The first kappa shape index (κ1) is 20.5. The van der Waals surface area contributed by atoms with Gasteiger partial charge in [-0.15, -0.1) is 0 Å². The average molecular weight is 417 g/mol. The van der Waals surface area contributed by atoms with E-state index in [0.717, 1.165) is 21.9 Å². The molecule has 1 atom stereocenters.